The van der Waals surface area contributed by atoms with Crippen molar-refractivity contribution in [1.29, 1.82) is 0 Å². The molecule has 0 aliphatic heterocycles. The normalized spacial score (nSPS) is 11.8. The molecule has 114 valence electrons. The average Bonchev–Trinajstić information content (AvgIpc) is 2.84. The molecular formula is C14H20N4O2S. The van der Waals surface area contributed by atoms with Crippen LogP contribution in [0.15, 0.2) is 35.5 Å². The molecule has 0 radical (unpaired) electrons. The second-order valence-electron chi connectivity index (χ2n) is 4.85. The average molecular weight is 308 g/mol. The SMILES string of the molecule is Cc1c(CN)cccc1S(=O)(=O)NCCc1nccn1C. The van der Waals surface area contributed by atoms with Crippen LogP contribution in [0.1, 0.15) is 17.0 Å². The molecule has 0 amide bonds. The highest BCUT2D eigenvalue weighted by atomic mass is 32.2. The third-order valence-electron chi connectivity index (χ3n) is 3.47. The first-order valence-electron chi connectivity index (χ1n) is 6.70. The van der Waals surface area contributed by atoms with E-state index in [4.69, 9.17) is 5.73 Å². The van der Waals surface area contributed by atoms with Crippen LogP contribution < -0.4 is 10.5 Å². The molecule has 21 heavy (non-hydrogen) atoms. The number of sulfonamides is 1. The minimum absolute atomic E-state index is 0.283. The lowest BCUT2D eigenvalue weighted by atomic mass is 10.1. The topological polar surface area (TPSA) is 90.0 Å². The van der Waals surface area contributed by atoms with E-state index in [0.717, 1.165) is 11.4 Å². The third kappa shape index (κ3) is 3.49. The predicted octanol–water partition coefficient (Wildman–Crippen LogP) is 0.708. The molecular weight excluding hydrogens is 288 g/mol. The van der Waals surface area contributed by atoms with Crippen molar-refractivity contribution < 1.29 is 8.42 Å². The minimum atomic E-state index is -3.53. The fraction of sp³-hybridized carbons (Fsp3) is 0.357. The van der Waals surface area contributed by atoms with Crippen LogP contribution in [0.4, 0.5) is 0 Å². The van der Waals surface area contributed by atoms with E-state index >= 15 is 0 Å². The van der Waals surface area contributed by atoms with Gasteiger partial charge in [-0.1, -0.05) is 12.1 Å². The first-order chi connectivity index (χ1) is 9.95. The maximum Gasteiger partial charge on any atom is 0.240 e. The van der Waals surface area contributed by atoms with Gasteiger partial charge >= 0.3 is 0 Å². The molecule has 1 aromatic heterocycles. The summed E-state index contributed by atoms with van der Waals surface area (Å²) in [5.74, 6) is 0.838. The Hall–Kier alpha value is -1.70. The van der Waals surface area contributed by atoms with E-state index in [1.807, 2.05) is 23.9 Å². The largest absolute Gasteiger partial charge is 0.338 e. The van der Waals surface area contributed by atoms with Crippen LogP contribution in [-0.4, -0.2) is 24.5 Å². The molecule has 1 aromatic carbocycles. The summed E-state index contributed by atoms with van der Waals surface area (Å²) < 4.78 is 29.2. The van der Waals surface area contributed by atoms with Gasteiger partial charge in [-0.25, -0.2) is 18.1 Å². The molecule has 0 unspecified atom stereocenters. The second kappa shape index (κ2) is 6.38. The highest BCUT2D eigenvalue weighted by Crippen LogP contribution is 2.18. The van der Waals surface area contributed by atoms with Crippen molar-refractivity contribution in [2.45, 2.75) is 24.8 Å². The van der Waals surface area contributed by atoms with Gasteiger partial charge in [0.2, 0.25) is 10.0 Å². The van der Waals surface area contributed by atoms with Crippen molar-refractivity contribution >= 4 is 10.0 Å². The summed E-state index contributed by atoms with van der Waals surface area (Å²) in [4.78, 5) is 4.45. The molecule has 2 aromatic rings. The standard InChI is InChI=1S/C14H20N4O2S/c1-11-12(10-15)4-3-5-13(11)21(19,20)17-7-6-14-16-8-9-18(14)2/h3-5,8-9,17H,6-7,10,15H2,1-2H3. The summed E-state index contributed by atoms with van der Waals surface area (Å²) in [5, 5.41) is 0. The number of imidazole rings is 1. The Morgan fingerprint density at radius 2 is 2.14 bits per heavy atom. The Morgan fingerprint density at radius 3 is 2.76 bits per heavy atom. The summed E-state index contributed by atoms with van der Waals surface area (Å²) in [6.45, 7) is 2.40. The van der Waals surface area contributed by atoms with Crippen LogP contribution in [0.5, 0.6) is 0 Å². The van der Waals surface area contributed by atoms with E-state index in [1.54, 1.807) is 25.3 Å². The lowest BCUT2D eigenvalue weighted by Gasteiger charge is -2.12. The first kappa shape index (κ1) is 15.7. The van der Waals surface area contributed by atoms with Gasteiger partial charge in [0.05, 0.1) is 4.90 Å². The summed E-state index contributed by atoms with van der Waals surface area (Å²) in [6.07, 6.45) is 4.07. The summed E-state index contributed by atoms with van der Waals surface area (Å²) in [5.41, 5.74) is 7.15. The van der Waals surface area contributed by atoms with Gasteiger partial charge < -0.3 is 10.3 Å². The van der Waals surface area contributed by atoms with Crippen molar-refractivity contribution in [3.05, 3.63) is 47.5 Å². The molecule has 3 N–H and O–H groups in total. The number of hydrogen-bond donors (Lipinski definition) is 2. The molecule has 2 rings (SSSR count). The van der Waals surface area contributed by atoms with Crippen LogP contribution in [0.2, 0.25) is 0 Å². The number of rotatable bonds is 6. The zero-order valence-electron chi connectivity index (χ0n) is 12.2. The van der Waals surface area contributed by atoms with Crippen LogP contribution in [0.3, 0.4) is 0 Å². The van der Waals surface area contributed by atoms with Gasteiger partial charge in [0.1, 0.15) is 5.82 Å². The Morgan fingerprint density at radius 1 is 1.38 bits per heavy atom. The molecule has 0 aliphatic carbocycles. The van der Waals surface area contributed by atoms with E-state index in [2.05, 4.69) is 9.71 Å². The van der Waals surface area contributed by atoms with Gasteiger partial charge in [0.25, 0.3) is 0 Å². The number of aryl methyl sites for hydroxylation is 1. The van der Waals surface area contributed by atoms with E-state index in [9.17, 15) is 8.42 Å². The molecule has 0 bridgehead atoms. The number of hydrogen-bond acceptors (Lipinski definition) is 4. The summed E-state index contributed by atoms with van der Waals surface area (Å²) >= 11 is 0. The van der Waals surface area contributed by atoms with Gasteiger partial charge in [-0.15, -0.1) is 0 Å². The molecule has 0 aliphatic rings. The smallest absolute Gasteiger partial charge is 0.240 e. The first-order valence-corrected chi connectivity index (χ1v) is 8.18. The van der Waals surface area contributed by atoms with E-state index in [0.29, 0.717) is 25.1 Å². The van der Waals surface area contributed by atoms with Crippen molar-refractivity contribution in [1.82, 2.24) is 14.3 Å². The Bertz CT molecular complexity index is 722. The van der Waals surface area contributed by atoms with Crippen molar-refractivity contribution in [3.63, 3.8) is 0 Å². The highest BCUT2D eigenvalue weighted by Gasteiger charge is 2.17. The summed E-state index contributed by atoms with van der Waals surface area (Å²) in [7, 11) is -1.65. The van der Waals surface area contributed by atoms with Crippen molar-refractivity contribution in [2.75, 3.05) is 6.54 Å². The summed E-state index contributed by atoms with van der Waals surface area (Å²) in [6, 6.07) is 5.14. The van der Waals surface area contributed by atoms with Gasteiger partial charge in [0.15, 0.2) is 0 Å². The maximum atomic E-state index is 12.4. The Kier molecular flexibility index (Phi) is 4.76. The lowest BCUT2D eigenvalue weighted by molar-refractivity contribution is 0.579. The molecule has 1 heterocycles. The molecule has 0 atom stereocenters. The maximum absolute atomic E-state index is 12.4. The molecule has 0 saturated carbocycles. The Labute approximate surface area is 125 Å². The number of benzene rings is 1. The van der Waals surface area contributed by atoms with Crippen molar-refractivity contribution in [2.24, 2.45) is 12.8 Å². The van der Waals surface area contributed by atoms with Gasteiger partial charge in [-0.05, 0) is 24.1 Å². The molecule has 6 nitrogen and oxygen atoms in total. The third-order valence-corrected chi connectivity index (χ3v) is 5.07. The number of nitrogens with two attached hydrogens (primary N) is 1. The number of aromatic nitrogens is 2. The monoisotopic (exact) mass is 308 g/mol. The Balaban J connectivity index is 2.10. The molecule has 0 fully saturated rings. The fourth-order valence-corrected chi connectivity index (χ4v) is 3.50. The zero-order chi connectivity index (χ0) is 15.5. The predicted molar refractivity (Wildman–Crippen MR) is 81.2 cm³/mol. The minimum Gasteiger partial charge on any atom is -0.338 e. The van der Waals surface area contributed by atoms with Crippen LogP contribution >= 0.6 is 0 Å². The van der Waals surface area contributed by atoms with E-state index in [1.165, 1.54) is 0 Å². The fourth-order valence-electron chi connectivity index (χ4n) is 2.18. The van der Waals surface area contributed by atoms with E-state index < -0.39 is 10.0 Å². The molecule has 0 spiro atoms. The second-order valence-corrected chi connectivity index (χ2v) is 6.58. The molecule has 7 heteroatoms. The number of nitrogens with zero attached hydrogens (tertiary/aromatic N) is 2. The number of nitrogens with one attached hydrogen (secondary N) is 1. The quantitative estimate of drug-likeness (QED) is 0.822. The lowest BCUT2D eigenvalue weighted by Crippen LogP contribution is -2.27. The van der Waals surface area contributed by atoms with Gasteiger partial charge in [-0.3, -0.25) is 0 Å². The highest BCUT2D eigenvalue weighted by molar-refractivity contribution is 7.89. The van der Waals surface area contributed by atoms with Gasteiger partial charge in [0, 0.05) is 39.0 Å². The van der Waals surface area contributed by atoms with Crippen LogP contribution in [-0.2, 0) is 30.0 Å². The van der Waals surface area contributed by atoms with Gasteiger partial charge in [-0.2, -0.15) is 0 Å². The van der Waals surface area contributed by atoms with Crippen LogP contribution in [0, 0.1) is 6.92 Å². The van der Waals surface area contributed by atoms with E-state index in [-0.39, 0.29) is 4.90 Å². The molecule has 0 saturated heterocycles. The zero-order valence-corrected chi connectivity index (χ0v) is 13.0. The van der Waals surface area contributed by atoms with Crippen LogP contribution in [0.25, 0.3) is 0 Å². The van der Waals surface area contributed by atoms with Crippen molar-refractivity contribution in [3.8, 4) is 0 Å².